The van der Waals surface area contributed by atoms with Crippen molar-refractivity contribution >= 4 is 5.91 Å². The highest BCUT2D eigenvalue weighted by Crippen LogP contribution is 2.33. The number of amides is 1. The summed E-state index contributed by atoms with van der Waals surface area (Å²) in [6.45, 7) is 4.17. The SMILES string of the molecule is COCCN1CC[C@@H]2C[C@@H](C(=O)N(C)Cc3ccccn3)O[C@@H]2C1. The minimum absolute atomic E-state index is 0.0681. The number of hydrogen-bond donors (Lipinski definition) is 0. The molecular formula is C18H27N3O3. The molecule has 2 fully saturated rings. The molecule has 24 heavy (non-hydrogen) atoms. The van der Waals surface area contributed by atoms with Gasteiger partial charge in [0.25, 0.3) is 5.91 Å². The highest BCUT2D eigenvalue weighted by Gasteiger charge is 2.42. The van der Waals surface area contributed by atoms with E-state index in [1.165, 1.54) is 0 Å². The van der Waals surface area contributed by atoms with E-state index < -0.39 is 0 Å². The van der Waals surface area contributed by atoms with E-state index in [0.717, 1.165) is 44.8 Å². The molecule has 1 aromatic rings. The number of carbonyl (C=O) groups excluding carboxylic acids is 1. The molecule has 0 bridgehead atoms. The van der Waals surface area contributed by atoms with Gasteiger partial charge in [0, 0.05) is 33.4 Å². The summed E-state index contributed by atoms with van der Waals surface area (Å²) < 4.78 is 11.3. The third-order valence-electron chi connectivity index (χ3n) is 5.02. The molecule has 1 aromatic heterocycles. The standard InChI is InChI=1S/C18H27N3O3/c1-20(12-15-5-3-4-7-19-15)18(22)16-11-14-6-8-21(9-10-23-2)13-17(14)24-16/h3-5,7,14,16-17H,6,8-13H2,1-2H3/t14-,16+,17-/m1/s1. The van der Waals surface area contributed by atoms with Crippen LogP contribution in [0, 0.1) is 5.92 Å². The topological polar surface area (TPSA) is 54.9 Å². The summed E-state index contributed by atoms with van der Waals surface area (Å²) in [5, 5.41) is 0. The van der Waals surface area contributed by atoms with E-state index in [9.17, 15) is 4.79 Å². The first-order valence-electron chi connectivity index (χ1n) is 8.69. The van der Waals surface area contributed by atoms with E-state index in [1.807, 2.05) is 25.2 Å². The zero-order valence-corrected chi connectivity index (χ0v) is 14.6. The van der Waals surface area contributed by atoms with Crippen molar-refractivity contribution in [3.8, 4) is 0 Å². The van der Waals surface area contributed by atoms with E-state index in [1.54, 1.807) is 18.2 Å². The normalized spacial score (nSPS) is 27.0. The highest BCUT2D eigenvalue weighted by atomic mass is 16.5. The van der Waals surface area contributed by atoms with Crippen molar-refractivity contribution in [1.82, 2.24) is 14.8 Å². The lowest BCUT2D eigenvalue weighted by Crippen LogP contribution is -2.43. The number of carbonyl (C=O) groups is 1. The van der Waals surface area contributed by atoms with Gasteiger partial charge in [-0.05, 0) is 37.4 Å². The number of methoxy groups -OCH3 is 1. The molecule has 6 nitrogen and oxygen atoms in total. The number of nitrogens with zero attached hydrogens (tertiary/aromatic N) is 3. The molecule has 6 heteroatoms. The largest absolute Gasteiger partial charge is 0.383 e. The lowest BCUT2D eigenvalue weighted by atomic mass is 9.91. The Labute approximate surface area is 143 Å². The van der Waals surface area contributed by atoms with E-state index in [2.05, 4.69) is 9.88 Å². The second-order valence-corrected chi connectivity index (χ2v) is 6.76. The summed E-state index contributed by atoms with van der Waals surface area (Å²) in [6, 6.07) is 5.76. The number of pyridine rings is 1. The molecule has 3 rings (SSSR count). The number of piperidine rings is 1. The molecule has 132 valence electrons. The molecule has 0 spiro atoms. The Morgan fingerprint density at radius 3 is 3.12 bits per heavy atom. The molecule has 3 atom stereocenters. The molecule has 2 aliphatic rings. The Balaban J connectivity index is 1.52. The van der Waals surface area contributed by atoms with Crippen LogP contribution in [0.15, 0.2) is 24.4 Å². The third kappa shape index (κ3) is 4.12. The fraction of sp³-hybridized carbons (Fsp3) is 0.667. The van der Waals surface area contributed by atoms with Gasteiger partial charge < -0.3 is 14.4 Å². The molecule has 0 aromatic carbocycles. The van der Waals surface area contributed by atoms with Gasteiger partial charge in [0.05, 0.1) is 24.9 Å². The lowest BCUT2D eigenvalue weighted by molar-refractivity contribution is -0.143. The van der Waals surface area contributed by atoms with Crippen molar-refractivity contribution < 1.29 is 14.3 Å². The molecule has 0 saturated carbocycles. The monoisotopic (exact) mass is 333 g/mol. The van der Waals surface area contributed by atoms with E-state index >= 15 is 0 Å². The molecule has 0 aliphatic carbocycles. The summed E-state index contributed by atoms with van der Waals surface area (Å²) in [7, 11) is 3.55. The van der Waals surface area contributed by atoms with Gasteiger partial charge in [-0.25, -0.2) is 0 Å². The van der Waals surface area contributed by atoms with Crippen LogP contribution in [0.25, 0.3) is 0 Å². The Bertz CT molecular complexity index is 540. The summed E-state index contributed by atoms with van der Waals surface area (Å²) in [6.07, 6.45) is 3.56. The van der Waals surface area contributed by atoms with Crippen molar-refractivity contribution in [1.29, 1.82) is 0 Å². The van der Waals surface area contributed by atoms with Crippen molar-refractivity contribution in [2.24, 2.45) is 5.92 Å². The van der Waals surface area contributed by atoms with Crippen LogP contribution in [0.3, 0.4) is 0 Å². The van der Waals surface area contributed by atoms with Crippen LogP contribution in [0.5, 0.6) is 0 Å². The molecule has 0 N–H and O–H groups in total. The highest BCUT2D eigenvalue weighted by molar-refractivity contribution is 5.81. The van der Waals surface area contributed by atoms with E-state index in [-0.39, 0.29) is 18.1 Å². The predicted octanol–water partition coefficient (Wildman–Crippen LogP) is 1.17. The van der Waals surface area contributed by atoms with Gasteiger partial charge in [0.2, 0.25) is 0 Å². The molecule has 3 heterocycles. The zero-order chi connectivity index (χ0) is 16.9. The molecule has 2 aliphatic heterocycles. The maximum atomic E-state index is 12.7. The van der Waals surface area contributed by atoms with Crippen LogP contribution in [0.1, 0.15) is 18.5 Å². The Hall–Kier alpha value is -1.50. The van der Waals surface area contributed by atoms with Gasteiger partial charge in [-0.3, -0.25) is 14.7 Å². The van der Waals surface area contributed by atoms with Crippen LogP contribution >= 0.6 is 0 Å². The number of aromatic nitrogens is 1. The van der Waals surface area contributed by atoms with Gasteiger partial charge in [-0.15, -0.1) is 0 Å². The zero-order valence-electron chi connectivity index (χ0n) is 14.6. The number of hydrogen-bond acceptors (Lipinski definition) is 5. The average Bonchev–Trinajstić information content (AvgIpc) is 3.03. The van der Waals surface area contributed by atoms with Crippen molar-refractivity contribution in [2.75, 3.05) is 40.4 Å². The molecule has 0 unspecified atom stereocenters. The smallest absolute Gasteiger partial charge is 0.251 e. The number of likely N-dealkylation sites (tertiary alicyclic amines) is 1. The van der Waals surface area contributed by atoms with Gasteiger partial charge in [-0.1, -0.05) is 6.07 Å². The average molecular weight is 333 g/mol. The minimum atomic E-state index is -0.309. The second kappa shape index (κ2) is 8.05. The van der Waals surface area contributed by atoms with Crippen LogP contribution in [0.4, 0.5) is 0 Å². The van der Waals surface area contributed by atoms with Crippen molar-refractivity contribution in [3.63, 3.8) is 0 Å². The fourth-order valence-corrected chi connectivity index (χ4v) is 3.64. The van der Waals surface area contributed by atoms with Gasteiger partial charge >= 0.3 is 0 Å². The molecule has 2 saturated heterocycles. The van der Waals surface area contributed by atoms with Crippen LogP contribution < -0.4 is 0 Å². The Kier molecular flexibility index (Phi) is 5.81. The third-order valence-corrected chi connectivity index (χ3v) is 5.02. The predicted molar refractivity (Wildman–Crippen MR) is 90.4 cm³/mol. The van der Waals surface area contributed by atoms with Crippen molar-refractivity contribution in [2.45, 2.75) is 31.6 Å². The van der Waals surface area contributed by atoms with Crippen molar-refractivity contribution in [3.05, 3.63) is 30.1 Å². The van der Waals surface area contributed by atoms with Gasteiger partial charge in [0.1, 0.15) is 6.10 Å². The summed E-state index contributed by atoms with van der Waals surface area (Å²) in [5.74, 6) is 0.569. The maximum absolute atomic E-state index is 12.7. The lowest BCUT2D eigenvalue weighted by Gasteiger charge is -2.33. The Morgan fingerprint density at radius 2 is 2.38 bits per heavy atom. The maximum Gasteiger partial charge on any atom is 0.251 e. The molecule has 0 radical (unpaired) electrons. The quantitative estimate of drug-likeness (QED) is 0.782. The summed E-state index contributed by atoms with van der Waals surface area (Å²) in [4.78, 5) is 21.1. The second-order valence-electron chi connectivity index (χ2n) is 6.76. The molecular weight excluding hydrogens is 306 g/mol. The Morgan fingerprint density at radius 1 is 1.50 bits per heavy atom. The van der Waals surface area contributed by atoms with Gasteiger partial charge in [0.15, 0.2) is 0 Å². The summed E-state index contributed by atoms with van der Waals surface area (Å²) in [5.41, 5.74) is 0.898. The van der Waals surface area contributed by atoms with E-state index in [4.69, 9.17) is 9.47 Å². The molecule has 1 amide bonds. The van der Waals surface area contributed by atoms with Crippen LogP contribution in [-0.4, -0.2) is 73.3 Å². The first kappa shape index (κ1) is 17.3. The first-order chi connectivity index (χ1) is 11.7. The number of fused-ring (bicyclic) bond motifs is 1. The minimum Gasteiger partial charge on any atom is -0.383 e. The number of rotatable bonds is 6. The summed E-state index contributed by atoms with van der Waals surface area (Å²) >= 11 is 0. The fourth-order valence-electron chi connectivity index (χ4n) is 3.64. The first-order valence-corrected chi connectivity index (χ1v) is 8.69. The van der Waals surface area contributed by atoms with Crippen LogP contribution in [-0.2, 0) is 20.8 Å². The number of ether oxygens (including phenoxy) is 2. The van der Waals surface area contributed by atoms with Gasteiger partial charge in [-0.2, -0.15) is 0 Å². The number of likely N-dealkylation sites (N-methyl/N-ethyl adjacent to an activating group) is 1. The van der Waals surface area contributed by atoms with E-state index in [0.29, 0.717) is 12.5 Å². The van der Waals surface area contributed by atoms with Crippen LogP contribution in [0.2, 0.25) is 0 Å².